The van der Waals surface area contributed by atoms with Crippen LogP contribution in [0.1, 0.15) is 37.2 Å². The summed E-state index contributed by atoms with van der Waals surface area (Å²) in [5, 5.41) is 10.1. The van der Waals surface area contributed by atoms with E-state index in [1.54, 1.807) is 10.7 Å². The molecule has 0 unspecified atom stereocenters. The molecule has 1 aromatic heterocycles. The second kappa shape index (κ2) is 6.24. The van der Waals surface area contributed by atoms with Gasteiger partial charge < -0.3 is 10.6 Å². The smallest absolute Gasteiger partial charge is 0.272 e. The molecule has 1 aliphatic carbocycles. The highest BCUT2D eigenvalue weighted by Crippen LogP contribution is 2.21. The molecule has 0 bridgehead atoms. The molecule has 0 spiro atoms. The Morgan fingerprint density at radius 3 is 2.52 bits per heavy atom. The van der Waals surface area contributed by atoms with E-state index in [4.69, 9.17) is 0 Å². The van der Waals surface area contributed by atoms with E-state index >= 15 is 0 Å². The number of hydrogen-bond donors (Lipinski definition) is 2. The van der Waals surface area contributed by atoms with E-state index in [0.29, 0.717) is 11.5 Å². The summed E-state index contributed by atoms with van der Waals surface area (Å²) in [7, 11) is 0. The maximum Gasteiger partial charge on any atom is 0.272 e. The summed E-state index contributed by atoms with van der Waals surface area (Å²) in [5.74, 6) is 0.0205. The summed E-state index contributed by atoms with van der Waals surface area (Å²) in [4.78, 5) is 24.2. The van der Waals surface area contributed by atoms with Crippen molar-refractivity contribution in [2.45, 2.75) is 32.7 Å². The van der Waals surface area contributed by atoms with Gasteiger partial charge in [0.25, 0.3) is 5.91 Å². The van der Waals surface area contributed by atoms with Crippen LogP contribution in [0.25, 0.3) is 5.69 Å². The Morgan fingerprint density at radius 1 is 1.22 bits per heavy atom. The fourth-order valence-corrected chi connectivity index (χ4v) is 2.10. The predicted octanol–water partition coefficient (Wildman–Crippen LogP) is 2.36. The van der Waals surface area contributed by atoms with Crippen molar-refractivity contribution in [1.82, 2.24) is 15.1 Å². The van der Waals surface area contributed by atoms with Crippen LogP contribution in [0.4, 0.5) is 5.82 Å². The minimum atomic E-state index is -0.206. The van der Waals surface area contributed by atoms with E-state index in [9.17, 15) is 9.59 Å². The Kier molecular flexibility index (Phi) is 4.14. The van der Waals surface area contributed by atoms with Crippen molar-refractivity contribution in [2.24, 2.45) is 5.92 Å². The summed E-state index contributed by atoms with van der Waals surface area (Å²) in [6.45, 7) is 3.64. The van der Waals surface area contributed by atoms with Crippen molar-refractivity contribution >= 4 is 17.6 Å². The molecule has 2 amide bonds. The molecule has 1 heterocycles. The quantitative estimate of drug-likeness (QED) is 0.890. The van der Waals surface area contributed by atoms with Crippen LogP contribution in [0, 0.1) is 5.92 Å². The van der Waals surface area contributed by atoms with Gasteiger partial charge >= 0.3 is 0 Å². The SMILES string of the molecule is CC(C)C(=O)Nc1cc(C(=O)NC2CC2)nn1-c1ccccc1. The zero-order chi connectivity index (χ0) is 16.4. The molecule has 0 saturated heterocycles. The number of benzene rings is 1. The lowest BCUT2D eigenvalue weighted by Crippen LogP contribution is -2.25. The van der Waals surface area contributed by atoms with Crippen LogP contribution in [0.3, 0.4) is 0 Å². The van der Waals surface area contributed by atoms with Crippen molar-refractivity contribution in [3.05, 3.63) is 42.1 Å². The number of nitrogens with zero attached hydrogens (tertiary/aromatic N) is 2. The first-order chi connectivity index (χ1) is 11.0. The highest BCUT2D eigenvalue weighted by atomic mass is 16.2. The Bertz CT molecular complexity index is 717. The predicted molar refractivity (Wildman–Crippen MR) is 87.5 cm³/mol. The minimum Gasteiger partial charge on any atom is -0.348 e. The zero-order valence-electron chi connectivity index (χ0n) is 13.2. The third kappa shape index (κ3) is 3.59. The van der Waals surface area contributed by atoms with Crippen molar-refractivity contribution in [2.75, 3.05) is 5.32 Å². The number of amides is 2. The second-order valence-electron chi connectivity index (χ2n) is 6.05. The summed E-state index contributed by atoms with van der Waals surface area (Å²) >= 11 is 0. The molecule has 0 atom stereocenters. The molecule has 1 fully saturated rings. The number of carbonyl (C=O) groups excluding carboxylic acids is 2. The van der Waals surface area contributed by atoms with Gasteiger partial charge in [-0.3, -0.25) is 9.59 Å². The van der Waals surface area contributed by atoms with Gasteiger partial charge in [-0.1, -0.05) is 32.0 Å². The second-order valence-corrected chi connectivity index (χ2v) is 6.05. The number of anilines is 1. The first-order valence-corrected chi connectivity index (χ1v) is 7.82. The largest absolute Gasteiger partial charge is 0.348 e. The fourth-order valence-electron chi connectivity index (χ4n) is 2.10. The van der Waals surface area contributed by atoms with Gasteiger partial charge in [-0.15, -0.1) is 0 Å². The van der Waals surface area contributed by atoms with Crippen molar-refractivity contribution in [3.8, 4) is 5.69 Å². The average Bonchev–Trinajstić information content (AvgIpc) is 3.25. The molecule has 0 aliphatic heterocycles. The molecule has 2 aromatic rings. The van der Waals surface area contributed by atoms with Gasteiger partial charge in [-0.25, -0.2) is 4.68 Å². The van der Waals surface area contributed by atoms with Crippen LogP contribution in [0.5, 0.6) is 0 Å². The van der Waals surface area contributed by atoms with Gasteiger partial charge in [0.05, 0.1) is 5.69 Å². The molecule has 1 aromatic carbocycles. The van der Waals surface area contributed by atoms with Crippen molar-refractivity contribution < 1.29 is 9.59 Å². The number of carbonyl (C=O) groups is 2. The van der Waals surface area contributed by atoms with Crippen LogP contribution >= 0.6 is 0 Å². The number of rotatable bonds is 5. The maximum atomic E-state index is 12.2. The molecule has 23 heavy (non-hydrogen) atoms. The number of nitrogens with one attached hydrogen (secondary N) is 2. The normalized spacial score (nSPS) is 13.9. The Hall–Kier alpha value is -2.63. The Morgan fingerprint density at radius 2 is 1.91 bits per heavy atom. The summed E-state index contributed by atoms with van der Waals surface area (Å²) in [5.41, 5.74) is 1.09. The van der Waals surface area contributed by atoms with Gasteiger partial charge in [0.15, 0.2) is 5.69 Å². The van der Waals surface area contributed by atoms with Gasteiger partial charge in [0, 0.05) is 18.0 Å². The van der Waals surface area contributed by atoms with Crippen LogP contribution in [0.2, 0.25) is 0 Å². The lowest BCUT2D eigenvalue weighted by atomic mass is 10.2. The highest BCUT2D eigenvalue weighted by molar-refractivity contribution is 5.96. The monoisotopic (exact) mass is 312 g/mol. The molecule has 1 saturated carbocycles. The average molecular weight is 312 g/mol. The third-order valence-corrected chi connectivity index (χ3v) is 3.63. The number of hydrogen-bond acceptors (Lipinski definition) is 3. The third-order valence-electron chi connectivity index (χ3n) is 3.63. The van der Waals surface area contributed by atoms with Gasteiger partial charge in [-0.2, -0.15) is 5.10 Å². The summed E-state index contributed by atoms with van der Waals surface area (Å²) < 4.78 is 1.59. The molecule has 120 valence electrons. The van der Waals surface area contributed by atoms with E-state index in [2.05, 4.69) is 15.7 Å². The zero-order valence-corrected chi connectivity index (χ0v) is 13.2. The molecular weight excluding hydrogens is 292 g/mol. The Balaban J connectivity index is 1.92. The Labute approximate surface area is 134 Å². The van der Waals surface area contributed by atoms with Gasteiger partial charge in [-0.05, 0) is 25.0 Å². The molecule has 0 radical (unpaired) electrons. The molecule has 6 heteroatoms. The molecule has 3 rings (SSSR count). The van der Waals surface area contributed by atoms with E-state index in [-0.39, 0.29) is 23.8 Å². The number of para-hydroxylation sites is 1. The van der Waals surface area contributed by atoms with Crippen LogP contribution in [0.15, 0.2) is 36.4 Å². The number of aromatic nitrogens is 2. The molecular formula is C17H20N4O2. The first-order valence-electron chi connectivity index (χ1n) is 7.82. The first kappa shape index (κ1) is 15.3. The topological polar surface area (TPSA) is 76.0 Å². The standard InChI is InChI=1S/C17H20N4O2/c1-11(2)16(22)19-15-10-14(17(23)18-12-8-9-12)20-21(15)13-6-4-3-5-7-13/h3-7,10-12H,8-9H2,1-2H3,(H,18,23)(H,19,22). The lowest BCUT2D eigenvalue weighted by Gasteiger charge is -2.10. The van der Waals surface area contributed by atoms with E-state index < -0.39 is 0 Å². The van der Waals surface area contributed by atoms with Gasteiger partial charge in [0.2, 0.25) is 5.91 Å². The van der Waals surface area contributed by atoms with E-state index in [1.165, 1.54) is 0 Å². The lowest BCUT2D eigenvalue weighted by molar-refractivity contribution is -0.118. The van der Waals surface area contributed by atoms with E-state index in [1.807, 2.05) is 44.2 Å². The van der Waals surface area contributed by atoms with Crippen molar-refractivity contribution in [3.63, 3.8) is 0 Å². The fraction of sp³-hybridized carbons (Fsp3) is 0.353. The minimum absolute atomic E-state index is 0.115. The summed E-state index contributed by atoms with van der Waals surface area (Å²) in [6.07, 6.45) is 2.03. The van der Waals surface area contributed by atoms with Crippen molar-refractivity contribution in [1.29, 1.82) is 0 Å². The van der Waals surface area contributed by atoms with Crippen LogP contribution < -0.4 is 10.6 Å². The van der Waals surface area contributed by atoms with Crippen LogP contribution in [-0.4, -0.2) is 27.6 Å². The molecule has 6 nitrogen and oxygen atoms in total. The maximum absolute atomic E-state index is 12.2. The van der Waals surface area contributed by atoms with Gasteiger partial charge in [0.1, 0.15) is 5.82 Å². The summed E-state index contributed by atoms with van der Waals surface area (Å²) in [6, 6.07) is 11.3. The highest BCUT2D eigenvalue weighted by Gasteiger charge is 2.26. The van der Waals surface area contributed by atoms with Crippen LogP contribution in [-0.2, 0) is 4.79 Å². The molecule has 2 N–H and O–H groups in total. The molecule has 1 aliphatic rings. The van der Waals surface area contributed by atoms with E-state index in [0.717, 1.165) is 18.5 Å².